The summed E-state index contributed by atoms with van der Waals surface area (Å²) in [7, 11) is 0. The monoisotopic (exact) mass is 509 g/mol. The van der Waals surface area contributed by atoms with E-state index in [1.54, 1.807) is 24.0 Å². The van der Waals surface area contributed by atoms with Crippen molar-refractivity contribution in [1.29, 1.82) is 0 Å². The molecule has 5 rings (SSSR count). The first-order valence-electron chi connectivity index (χ1n) is 13.4. The number of phenolic OH excluding ortho intramolecular Hbond substituents is 1. The molecular weight excluding hydrogens is 474 g/mol. The van der Waals surface area contributed by atoms with E-state index in [0.29, 0.717) is 18.4 Å². The number of aromatic hydroxyl groups is 1. The minimum atomic E-state index is -0.530. The van der Waals surface area contributed by atoms with E-state index in [4.69, 9.17) is 0 Å². The summed E-state index contributed by atoms with van der Waals surface area (Å²) in [6, 6.07) is 20.7. The van der Waals surface area contributed by atoms with E-state index < -0.39 is 6.04 Å². The molecule has 3 aromatic carbocycles. The normalized spacial score (nSPS) is 18.8. The third-order valence-corrected chi connectivity index (χ3v) is 7.87. The highest BCUT2D eigenvalue weighted by atomic mass is 16.3. The summed E-state index contributed by atoms with van der Waals surface area (Å²) in [4.78, 5) is 31.4. The van der Waals surface area contributed by atoms with E-state index in [9.17, 15) is 14.7 Å². The lowest BCUT2D eigenvalue weighted by Gasteiger charge is -2.35. The molecule has 1 amide bonds. The molecule has 3 aromatic rings. The molecule has 1 aliphatic carbocycles. The number of Topliss-reactive ketones (excluding diaryl/α,β-unsaturated/α-hetero) is 1. The van der Waals surface area contributed by atoms with Crippen molar-refractivity contribution in [3.05, 3.63) is 94.7 Å². The van der Waals surface area contributed by atoms with E-state index in [0.717, 1.165) is 52.5 Å². The molecule has 38 heavy (non-hydrogen) atoms. The average molecular weight is 510 g/mol. The summed E-state index contributed by atoms with van der Waals surface area (Å²) in [5.74, 6) is 0.113. The summed E-state index contributed by atoms with van der Waals surface area (Å²) in [6.45, 7) is 9.73. The SMILES string of the molecule is CCN(CC)c1ccc(C2C3=C(CC(c4ccc(O)cc4)CC3=O)Nc3ccccc3N2C(C)=O)c(C)c1. The first-order valence-corrected chi connectivity index (χ1v) is 13.4. The van der Waals surface area contributed by atoms with Crippen molar-refractivity contribution in [2.45, 2.75) is 52.5 Å². The molecule has 2 unspecified atom stereocenters. The zero-order chi connectivity index (χ0) is 27.0. The predicted molar refractivity (Wildman–Crippen MR) is 153 cm³/mol. The van der Waals surface area contributed by atoms with Gasteiger partial charge >= 0.3 is 0 Å². The molecule has 2 atom stereocenters. The topological polar surface area (TPSA) is 72.9 Å². The molecule has 1 aliphatic heterocycles. The summed E-state index contributed by atoms with van der Waals surface area (Å²) in [5.41, 5.74) is 7.24. The third kappa shape index (κ3) is 4.55. The Labute approximate surface area is 224 Å². The number of hydrogen-bond donors (Lipinski definition) is 2. The van der Waals surface area contributed by atoms with Crippen molar-refractivity contribution >= 4 is 28.8 Å². The smallest absolute Gasteiger partial charge is 0.224 e. The van der Waals surface area contributed by atoms with E-state index >= 15 is 0 Å². The van der Waals surface area contributed by atoms with Crippen molar-refractivity contribution in [2.24, 2.45) is 0 Å². The van der Waals surface area contributed by atoms with Gasteiger partial charge in [0.2, 0.25) is 5.91 Å². The van der Waals surface area contributed by atoms with Gasteiger partial charge < -0.3 is 15.3 Å². The van der Waals surface area contributed by atoms with Gasteiger partial charge in [0, 0.05) is 43.4 Å². The number of carbonyl (C=O) groups is 2. The van der Waals surface area contributed by atoms with Gasteiger partial charge in [0.1, 0.15) is 5.75 Å². The molecule has 0 saturated heterocycles. The second-order valence-corrected chi connectivity index (χ2v) is 10.2. The minimum absolute atomic E-state index is 0.0165. The number of rotatable bonds is 5. The predicted octanol–water partition coefficient (Wildman–Crippen LogP) is 6.47. The average Bonchev–Trinajstić information content (AvgIpc) is 3.04. The maximum absolute atomic E-state index is 14.0. The van der Waals surface area contributed by atoms with Crippen LogP contribution in [0.1, 0.15) is 62.3 Å². The van der Waals surface area contributed by atoms with Crippen LogP contribution in [-0.4, -0.2) is 29.9 Å². The number of allylic oxidation sites excluding steroid dienone is 1. The van der Waals surface area contributed by atoms with Gasteiger partial charge in [-0.3, -0.25) is 14.5 Å². The zero-order valence-corrected chi connectivity index (χ0v) is 22.5. The highest BCUT2D eigenvalue weighted by Crippen LogP contribution is 2.48. The van der Waals surface area contributed by atoms with E-state index in [1.807, 2.05) is 36.4 Å². The standard InChI is InChI=1S/C32H35N3O3/c1-5-34(6-2)24-13-16-26(20(3)17-24)32-31-28(33-27-9-7-8-10-29(27)35(32)21(4)36)18-23(19-30(31)38)22-11-14-25(37)15-12-22/h7-17,23,32-33,37H,5-6,18-19H2,1-4H3. The molecule has 0 bridgehead atoms. The van der Waals surface area contributed by atoms with Crippen LogP contribution in [0.2, 0.25) is 0 Å². The minimum Gasteiger partial charge on any atom is -0.508 e. The Kier molecular flexibility index (Phi) is 6.98. The lowest BCUT2D eigenvalue weighted by Crippen LogP contribution is -2.37. The Bertz CT molecular complexity index is 1410. The van der Waals surface area contributed by atoms with Crippen LogP contribution < -0.4 is 15.1 Å². The number of ketones is 1. The lowest BCUT2D eigenvalue weighted by molar-refractivity contribution is -0.117. The Hall–Kier alpha value is -4.06. The number of carbonyl (C=O) groups excluding carboxylic acids is 2. The molecule has 0 fully saturated rings. The molecule has 0 radical (unpaired) electrons. The maximum atomic E-state index is 14.0. The van der Waals surface area contributed by atoms with Gasteiger partial charge in [-0.25, -0.2) is 0 Å². The number of hydrogen-bond acceptors (Lipinski definition) is 5. The molecule has 2 aliphatic rings. The first-order chi connectivity index (χ1) is 18.3. The molecule has 1 heterocycles. The van der Waals surface area contributed by atoms with Crippen molar-refractivity contribution in [3.8, 4) is 5.75 Å². The third-order valence-electron chi connectivity index (χ3n) is 7.87. The number of amides is 1. The summed E-state index contributed by atoms with van der Waals surface area (Å²) in [5, 5.41) is 13.3. The summed E-state index contributed by atoms with van der Waals surface area (Å²) >= 11 is 0. The van der Waals surface area contributed by atoms with Crippen LogP contribution in [-0.2, 0) is 9.59 Å². The van der Waals surface area contributed by atoms with Crippen molar-refractivity contribution < 1.29 is 14.7 Å². The maximum Gasteiger partial charge on any atom is 0.224 e. The molecule has 196 valence electrons. The fourth-order valence-corrected chi connectivity index (χ4v) is 5.97. The van der Waals surface area contributed by atoms with Gasteiger partial charge in [-0.2, -0.15) is 0 Å². The molecule has 6 heteroatoms. The van der Waals surface area contributed by atoms with Gasteiger partial charge in [-0.1, -0.05) is 30.3 Å². The number of aryl methyl sites for hydroxylation is 1. The van der Waals surface area contributed by atoms with E-state index in [2.05, 4.69) is 49.2 Å². The highest BCUT2D eigenvalue weighted by Gasteiger charge is 2.41. The van der Waals surface area contributed by atoms with Crippen LogP contribution in [0.15, 0.2) is 78.0 Å². The highest BCUT2D eigenvalue weighted by molar-refractivity contribution is 6.06. The number of benzene rings is 3. The van der Waals surface area contributed by atoms with E-state index in [-0.39, 0.29) is 23.4 Å². The van der Waals surface area contributed by atoms with Crippen LogP contribution in [0.25, 0.3) is 0 Å². The van der Waals surface area contributed by atoms with Crippen molar-refractivity contribution in [1.82, 2.24) is 0 Å². The molecular formula is C32H35N3O3. The first kappa shape index (κ1) is 25.6. The Morgan fingerprint density at radius 3 is 2.39 bits per heavy atom. The van der Waals surface area contributed by atoms with Crippen LogP contribution in [0.4, 0.5) is 17.1 Å². The van der Waals surface area contributed by atoms with Gasteiger partial charge in [0.05, 0.1) is 17.4 Å². The Morgan fingerprint density at radius 2 is 1.74 bits per heavy atom. The number of nitrogens with zero attached hydrogens (tertiary/aromatic N) is 2. The van der Waals surface area contributed by atoms with Gasteiger partial charge in [-0.05, 0) is 86.2 Å². The quantitative estimate of drug-likeness (QED) is 0.413. The second-order valence-electron chi connectivity index (χ2n) is 10.2. The summed E-state index contributed by atoms with van der Waals surface area (Å²) < 4.78 is 0. The molecule has 0 aromatic heterocycles. The largest absolute Gasteiger partial charge is 0.508 e. The Balaban J connectivity index is 1.68. The van der Waals surface area contributed by atoms with Gasteiger partial charge in [-0.15, -0.1) is 0 Å². The Morgan fingerprint density at radius 1 is 1.03 bits per heavy atom. The number of nitrogens with one attached hydrogen (secondary N) is 1. The molecule has 0 saturated carbocycles. The number of phenols is 1. The van der Waals surface area contributed by atoms with Crippen LogP contribution >= 0.6 is 0 Å². The fraction of sp³-hybridized carbons (Fsp3) is 0.312. The lowest BCUT2D eigenvalue weighted by atomic mass is 9.77. The van der Waals surface area contributed by atoms with E-state index in [1.165, 1.54) is 0 Å². The number of para-hydroxylation sites is 2. The van der Waals surface area contributed by atoms with Crippen molar-refractivity contribution in [2.75, 3.05) is 28.2 Å². The molecule has 6 nitrogen and oxygen atoms in total. The number of anilines is 3. The molecule has 2 N–H and O–H groups in total. The molecule has 0 spiro atoms. The van der Waals surface area contributed by atoms with Crippen LogP contribution in [0.3, 0.4) is 0 Å². The van der Waals surface area contributed by atoms with Gasteiger partial charge in [0.25, 0.3) is 0 Å². The second kappa shape index (κ2) is 10.4. The fourth-order valence-electron chi connectivity index (χ4n) is 5.97. The van der Waals surface area contributed by atoms with Crippen LogP contribution in [0, 0.1) is 6.92 Å². The van der Waals surface area contributed by atoms with Crippen LogP contribution in [0.5, 0.6) is 5.75 Å². The van der Waals surface area contributed by atoms with Gasteiger partial charge in [0.15, 0.2) is 5.78 Å². The van der Waals surface area contributed by atoms with Crippen molar-refractivity contribution in [3.63, 3.8) is 0 Å². The summed E-state index contributed by atoms with van der Waals surface area (Å²) in [6.07, 6.45) is 0.986. The zero-order valence-electron chi connectivity index (χ0n) is 22.5. The number of fused-ring (bicyclic) bond motifs is 1.